The summed E-state index contributed by atoms with van der Waals surface area (Å²) in [5.41, 5.74) is -0.0247. The van der Waals surface area contributed by atoms with Gasteiger partial charge in [0.05, 0.1) is 10.9 Å². The van der Waals surface area contributed by atoms with Crippen LogP contribution in [0.3, 0.4) is 0 Å². The van der Waals surface area contributed by atoms with Crippen LogP contribution in [-0.4, -0.2) is 44.2 Å². The number of thioether (sulfide) groups is 1. The van der Waals surface area contributed by atoms with E-state index >= 15 is 0 Å². The average molecular weight is 456 g/mol. The maximum Gasteiger partial charge on any atom is 0.331 e. The van der Waals surface area contributed by atoms with Crippen molar-refractivity contribution in [2.75, 3.05) is 12.0 Å². The first-order chi connectivity index (χ1) is 15.3. The van der Waals surface area contributed by atoms with Gasteiger partial charge < -0.3 is 10.4 Å². The van der Waals surface area contributed by atoms with Crippen LogP contribution in [0.1, 0.15) is 18.0 Å². The standard InChI is InChI=1S/C23H25N3O5S/c1-25-18-11-7-6-10-16(18)21(28)26(23(25)31)19(14-15-8-4-3-5-9-15)20(27)24-17(22(29)30)12-13-32-2/h3-11,17,19H,12-14H2,1-2H3,(H,24,27)(H,29,30)/t17-,19-/m0/s1. The molecule has 2 N–H and O–H groups in total. The van der Waals surface area contributed by atoms with Crippen LogP contribution in [-0.2, 0) is 23.1 Å². The number of para-hydroxylation sites is 1. The summed E-state index contributed by atoms with van der Waals surface area (Å²) in [4.78, 5) is 51.4. The number of fused-ring (bicyclic) bond motifs is 1. The van der Waals surface area contributed by atoms with Gasteiger partial charge in [0.2, 0.25) is 5.91 Å². The fourth-order valence-electron chi connectivity index (χ4n) is 3.60. The summed E-state index contributed by atoms with van der Waals surface area (Å²) < 4.78 is 2.25. The zero-order valence-corrected chi connectivity index (χ0v) is 18.7. The molecule has 0 spiro atoms. The Hall–Kier alpha value is -3.33. The van der Waals surface area contributed by atoms with E-state index in [4.69, 9.17) is 0 Å². The maximum absolute atomic E-state index is 13.3. The van der Waals surface area contributed by atoms with E-state index in [0.29, 0.717) is 16.7 Å². The Balaban J connectivity index is 2.12. The number of aryl methyl sites for hydroxylation is 1. The topological polar surface area (TPSA) is 110 Å². The van der Waals surface area contributed by atoms with Crippen molar-refractivity contribution in [2.45, 2.75) is 24.9 Å². The Labute approximate surface area is 188 Å². The van der Waals surface area contributed by atoms with Gasteiger partial charge in [-0.15, -0.1) is 0 Å². The molecule has 0 radical (unpaired) electrons. The number of carboxylic acids is 1. The summed E-state index contributed by atoms with van der Waals surface area (Å²) >= 11 is 1.47. The molecule has 1 heterocycles. The lowest BCUT2D eigenvalue weighted by molar-refractivity contribution is -0.142. The molecule has 32 heavy (non-hydrogen) atoms. The van der Waals surface area contributed by atoms with Crippen molar-refractivity contribution in [1.82, 2.24) is 14.5 Å². The van der Waals surface area contributed by atoms with E-state index in [2.05, 4.69) is 5.32 Å². The van der Waals surface area contributed by atoms with E-state index in [1.54, 1.807) is 48.5 Å². The van der Waals surface area contributed by atoms with E-state index in [1.807, 2.05) is 12.3 Å². The van der Waals surface area contributed by atoms with Gasteiger partial charge >= 0.3 is 11.7 Å². The van der Waals surface area contributed by atoms with Gasteiger partial charge in [0.25, 0.3) is 5.56 Å². The molecule has 2 atom stereocenters. The number of aromatic nitrogens is 2. The van der Waals surface area contributed by atoms with Crippen LogP contribution in [0.5, 0.6) is 0 Å². The highest BCUT2D eigenvalue weighted by molar-refractivity contribution is 7.98. The molecule has 0 saturated heterocycles. The van der Waals surface area contributed by atoms with E-state index in [0.717, 1.165) is 10.1 Å². The number of carbonyl (C=O) groups excluding carboxylic acids is 1. The second-order valence-electron chi connectivity index (χ2n) is 7.42. The smallest absolute Gasteiger partial charge is 0.331 e. The summed E-state index contributed by atoms with van der Waals surface area (Å²) in [5.74, 6) is -1.31. The Morgan fingerprint density at radius 3 is 2.38 bits per heavy atom. The van der Waals surface area contributed by atoms with Crippen LogP contribution in [0.25, 0.3) is 10.9 Å². The van der Waals surface area contributed by atoms with E-state index in [-0.39, 0.29) is 12.8 Å². The number of amides is 1. The molecule has 0 bridgehead atoms. The van der Waals surface area contributed by atoms with Crippen molar-refractivity contribution < 1.29 is 14.7 Å². The molecule has 9 heteroatoms. The third-order valence-electron chi connectivity index (χ3n) is 5.32. The highest BCUT2D eigenvalue weighted by atomic mass is 32.2. The second-order valence-corrected chi connectivity index (χ2v) is 8.41. The molecule has 8 nitrogen and oxygen atoms in total. The molecular formula is C23H25N3O5S. The Morgan fingerprint density at radius 1 is 1.06 bits per heavy atom. The fourth-order valence-corrected chi connectivity index (χ4v) is 4.07. The minimum Gasteiger partial charge on any atom is -0.480 e. The zero-order valence-electron chi connectivity index (χ0n) is 17.9. The average Bonchev–Trinajstić information content (AvgIpc) is 2.80. The number of nitrogens with zero attached hydrogens (tertiary/aromatic N) is 2. The Bertz CT molecular complexity index is 1240. The molecule has 2 aromatic carbocycles. The first-order valence-corrected chi connectivity index (χ1v) is 11.5. The van der Waals surface area contributed by atoms with Crippen LogP contribution in [0, 0.1) is 0 Å². The minimum absolute atomic E-state index is 0.0645. The molecule has 0 saturated carbocycles. The monoisotopic (exact) mass is 455 g/mol. The van der Waals surface area contributed by atoms with Crippen LogP contribution in [0.4, 0.5) is 0 Å². The molecular weight excluding hydrogens is 430 g/mol. The van der Waals surface area contributed by atoms with Crippen molar-refractivity contribution in [3.05, 3.63) is 81.0 Å². The SMILES string of the molecule is CSCC[C@H](NC(=O)[C@H](Cc1ccccc1)n1c(=O)c2ccccc2n(C)c1=O)C(=O)O. The van der Waals surface area contributed by atoms with E-state index in [1.165, 1.54) is 23.4 Å². The molecule has 0 aliphatic rings. The number of hydrogen-bond acceptors (Lipinski definition) is 5. The van der Waals surface area contributed by atoms with Crippen molar-refractivity contribution in [3.8, 4) is 0 Å². The summed E-state index contributed by atoms with van der Waals surface area (Å²) in [6.45, 7) is 0. The third-order valence-corrected chi connectivity index (χ3v) is 5.96. The lowest BCUT2D eigenvalue weighted by Gasteiger charge is -2.23. The lowest BCUT2D eigenvalue weighted by Crippen LogP contribution is -2.50. The van der Waals surface area contributed by atoms with Gasteiger partial charge in [-0.05, 0) is 36.1 Å². The highest BCUT2D eigenvalue weighted by Crippen LogP contribution is 2.15. The van der Waals surface area contributed by atoms with Gasteiger partial charge in [0.15, 0.2) is 0 Å². The molecule has 0 aliphatic carbocycles. The molecule has 168 valence electrons. The highest BCUT2D eigenvalue weighted by Gasteiger charge is 2.29. The first kappa shape index (κ1) is 23.3. The molecule has 0 aliphatic heterocycles. The van der Waals surface area contributed by atoms with Gasteiger partial charge in [-0.3, -0.25) is 14.2 Å². The summed E-state index contributed by atoms with van der Waals surface area (Å²) in [6.07, 6.45) is 2.14. The molecule has 0 unspecified atom stereocenters. The molecule has 3 aromatic rings. The van der Waals surface area contributed by atoms with Crippen LogP contribution < -0.4 is 16.6 Å². The predicted octanol–water partition coefficient (Wildman–Crippen LogP) is 1.81. The quantitative estimate of drug-likeness (QED) is 0.509. The maximum atomic E-state index is 13.3. The summed E-state index contributed by atoms with van der Waals surface area (Å²) in [7, 11) is 1.54. The number of carboxylic acid groups (broad SMARTS) is 1. The van der Waals surface area contributed by atoms with Gasteiger partial charge in [-0.1, -0.05) is 42.5 Å². The predicted molar refractivity (Wildman–Crippen MR) is 125 cm³/mol. The number of carbonyl (C=O) groups is 2. The number of rotatable bonds is 9. The van der Waals surface area contributed by atoms with Crippen molar-refractivity contribution in [3.63, 3.8) is 0 Å². The van der Waals surface area contributed by atoms with E-state index in [9.17, 15) is 24.3 Å². The normalized spacial score (nSPS) is 12.9. The largest absolute Gasteiger partial charge is 0.480 e. The van der Waals surface area contributed by atoms with Crippen LogP contribution >= 0.6 is 11.8 Å². The number of benzene rings is 2. The van der Waals surface area contributed by atoms with Crippen molar-refractivity contribution in [2.24, 2.45) is 7.05 Å². The number of aliphatic carboxylic acids is 1. The van der Waals surface area contributed by atoms with E-state index < -0.39 is 35.2 Å². The number of hydrogen-bond donors (Lipinski definition) is 2. The third kappa shape index (κ3) is 4.94. The van der Waals surface area contributed by atoms with Crippen LogP contribution in [0.2, 0.25) is 0 Å². The zero-order chi connectivity index (χ0) is 23.3. The van der Waals surface area contributed by atoms with Crippen LogP contribution in [0.15, 0.2) is 64.2 Å². The first-order valence-electron chi connectivity index (χ1n) is 10.1. The molecule has 0 fully saturated rings. The van der Waals surface area contributed by atoms with Gasteiger partial charge in [-0.2, -0.15) is 11.8 Å². The second kappa shape index (κ2) is 10.3. The van der Waals surface area contributed by atoms with Gasteiger partial charge in [0, 0.05) is 13.5 Å². The lowest BCUT2D eigenvalue weighted by atomic mass is 10.0. The fraction of sp³-hybridized carbons (Fsp3) is 0.304. The summed E-state index contributed by atoms with van der Waals surface area (Å²) in [5, 5.41) is 12.4. The summed E-state index contributed by atoms with van der Waals surface area (Å²) in [6, 6.07) is 13.4. The van der Waals surface area contributed by atoms with Crippen molar-refractivity contribution >= 4 is 34.5 Å². The van der Waals surface area contributed by atoms with Crippen molar-refractivity contribution in [1.29, 1.82) is 0 Å². The molecule has 3 rings (SSSR count). The minimum atomic E-state index is -1.20. The van der Waals surface area contributed by atoms with Gasteiger partial charge in [0.1, 0.15) is 12.1 Å². The molecule has 1 amide bonds. The molecule has 1 aromatic heterocycles. The Kier molecular flexibility index (Phi) is 7.53. The van der Waals surface area contributed by atoms with Gasteiger partial charge in [-0.25, -0.2) is 14.2 Å². The number of nitrogens with one attached hydrogen (secondary N) is 1. The Morgan fingerprint density at radius 2 is 1.72 bits per heavy atom.